The van der Waals surface area contributed by atoms with Crippen molar-refractivity contribution in [1.29, 1.82) is 0 Å². The zero-order valence-electron chi connectivity index (χ0n) is 9.54. The second kappa shape index (κ2) is 5.17. The molecule has 0 aliphatic carbocycles. The van der Waals surface area contributed by atoms with E-state index >= 15 is 0 Å². The van der Waals surface area contributed by atoms with Crippen LogP contribution in [0.5, 0.6) is 0 Å². The first kappa shape index (κ1) is 13.8. The van der Waals surface area contributed by atoms with Gasteiger partial charge in [-0.2, -0.15) is 13.2 Å². The summed E-state index contributed by atoms with van der Waals surface area (Å²) in [6, 6.07) is 10.0. The predicted molar refractivity (Wildman–Crippen MR) is 70.0 cm³/mol. The van der Waals surface area contributed by atoms with Crippen LogP contribution in [0.1, 0.15) is 15.9 Å². The van der Waals surface area contributed by atoms with E-state index in [1.807, 2.05) is 0 Å². The van der Waals surface area contributed by atoms with Crippen LogP contribution in [0.3, 0.4) is 0 Å². The van der Waals surface area contributed by atoms with Crippen LogP contribution in [0.4, 0.5) is 13.2 Å². The predicted octanol–water partition coefficient (Wildman–Crippen LogP) is 4.95. The highest BCUT2D eigenvalue weighted by atomic mass is 79.9. The molecule has 0 N–H and O–H groups in total. The number of aldehydes is 1. The fraction of sp³-hybridized carbons (Fsp3) is 0.0714. The van der Waals surface area contributed by atoms with Gasteiger partial charge < -0.3 is 0 Å². The standard InChI is InChI=1S/C14H8BrF3O/c15-11-4-5-12(13(7-11)14(16,17)18)10-3-1-2-9(6-10)8-19/h1-8H. The zero-order chi connectivity index (χ0) is 14.0. The molecule has 98 valence electrons. The monoisotopic (exact) mass is 328 g/mol. The van der Waals surface area contributed by atoms with Crippen molar-refractivity contribution in [3.63, 3.8) is 0 Å². The number of alkyl halides is 3. The second-order valence-electron chi connectivity index (χ2n) is 3.93. The molecule has 0 unspecified atom stereocenters. The zero-order valence-corrected chi connectivity index (χ0v) is 11.1. The van der Waals surface area contributed by atoms with Gasteiger partial charge in [0.2, 0.25) is 0 Å². The molecular weight excluding hydrogens is 321 g/mol. The largest absolute Gasteiger partial charge is 0.417 e. The van der Waals surface area contributed by atoms with E-state index < -0.39 is 11.7 Å². The number of hydrogen-bond donors (Lipinski definition) is 0. The number of hydrogen-bond acceptors (Lipinski definition) is 1. The van der Waals surface area contributed by atoms with Gasteiger partial charge in [0.05, 0.1) is 5.56 Å². The molecule has 0 bridgehead atoms. The van der Waals surface area contributed by atoms with Crippen LogP contribution in [-0.4, -0.2) is 6.29 Å². The molecule has 0 aliphatic heterocycles. The lowest BCUT2D eigenvalue weighted by Gasteiger charge is -2.13. The fourth-order valence-electron chi connectivity index (χ4n) is 1.78. The lowest BCUT2D eigenvalue weighted by Crippen LogP contribution is -2.07. The Morgan fingerprint density at radius 2 is 1.79 bits per heavy atom. The third-order valence-corrected chi connectivity index (χ3v) is 3.11. The van der Waals surface area contributed by atoms with Crippen molar-refractivity contribution in [2.24, 2.45) is 0 Å². The summed E-state index contributed by atoms with van der Waals surface area (Å²) in [6.45, 7) is 0. The molecule has 0 saturated heterocycles. The van der Waals surface area contributed by atoms with Gasteiger partial charge in [-0.3, -0.25) is 4.79 Å². The summed E-state index contributed by atoms with van der Waals surface area (Å²) in [5.74, 6) is 0. The Bertz CT molecular complexity index is 620. The number of rotatable bonds is 2. The summed E-state index contributed by atoms with van der Waals surface area (Å²) in [4.78, 5) is 10.7. The van der Waals surface area contributed by atoms with E-state index in [0.29, 0.717) is 21.9 Å². The second-order valence-corrected chi connectivity index (χ2v) is 4.85. The van der Waals surface area contributed by atoms with E-state index in [1.54, 1.807) is 18.2 Å². The van der Waals surface area contributed by atoms with E-state index in [-0.39, 0.29) is 5.56 Å². The third kappa shape index (κ3) is 3.04. The normalized spacial score (nSPS) is 11.4. The Balaban J connectivity index is 2.64. The molecule has 0 radical (unpaired) electrons. The van der Waals surface area contributed by atoms with Gasteiger partial charge in [0.15, 0.2) is 0 Å². The van der Waals surface area contributed by atoms with E-state index in [2.05, 4.69) is 15.9 Å². The maximum absolute atomic E-state index is 13.0. The smallest absolute Gasteiger partial charge is 0.298 e. The average molecular weight is 329 g/mol. The van der Waals surface area contributed by atoms with E-state index in [1.165, 1.54) is 18.2 Å². The molecule has 5 heteroatoms. The highest BCUT2D eigenvalue weighted by molar-refractivity contribution is 9.10. The number of carbonyl (C=O) groups excluding carboxylic acids is 1. The van der Waals surface area contributed by atoms with E-state index in [4.69, 9.17) is 0 Å². The van der Waals surface area contributed by atoms with Crippen molar-refractivity contribution in [2.45, 2.75) is 6.18 Å². The number of carbonyl (C=O) groups is 1. The molecule has 0 saturated carbocycles. The van der Waals surface area contributed by atoms with Gasteiger partial charge in [-0.1, -0.05) is 40.2 Å². The maximum Gasteiger partial charge on any atom is 0.417 e. The Morgan fingerprint density at radius 3 is 2.42 bits per heavy atom. The van der Waals surface area contributed by atoms with Gasteiger partial charge in [-0.25, -0.2) is 0 Å². The van der Waals surface area contributed by atoms with Crippen LogP contribution < -0.4 is 0 Å². The van der Waals surface area contributed by atoms with E-state index in [9.17, 15) is 18.0 Å². The Morgan fingerprint density at radius 1 is 1.05 bits per heavy atom. The lowest BCUT2D eigenvalue weighted by molar-refractivity contribution is -0.137. The Hall–Kier alpha value is -1.62. The molecule has 19 heavy (non-hydrogen) atoms. The van der Waals surface area contributed by atoms with Gasteiger partial charge in [-0.05, 0) is 29.3 Å². The highest BCUT2D eigenvalue weighted by Gasteiger charge is 2.33. The van der Waals surface area contributed by atoms with Crippen LogP contribution in [0, 0.1) is 0 Å². The average Bonchev–Trinajstić information content (AvgIpc) is 2.37. The molecule has 2 aromatic rings. The summed E-state index contributed by atoms with van der Waals surface area (Å²) in [5, 5.41) is 0. The minimum atomic E-state index is -4.45. The first-order valence-corrected chi connectivity index (χ1v) is 6.13. The third-order valence-electron chi connectivity index (χ3n) is 2.62. The van der Waals surface area contributed by atoms with Crippen molar-refractivity contribution in [3.8, 4) is 11.1 Å². The maximum atomic E-state index is 13.0. The van der Waals surface area contributed by atoms with Crippen LogP contribution in [0.15, 0.2) is 46.9 Å². The Kier molecular flexibility index (Phi) is 3.75. The molecule has 2 rings (SSSR count). The molecule has 0 amide bonds. The quantitative estimate of drug-likeness (QED) is 0.713. The van der Waals surface area contributed by atoms with Gasteiger partial charge in [0.25, 0.3) is 0 Å². The molecule has 2 aromatic carbocycles. The van der Waals surface area contributed by atoms with Crippen LogP contribution in [-0.2, 0) is 6.18 Å². The molecule has 0 fully saturated rings. The number of halogens is 4. The molecule has 0 aromatic heterocycles. The molecular formula is C14H8BrF3O. The van der Waals surface area contributed by atoms with Crippen molar-refractivity contribution in [2.75, 3.05) is 0 Å². The Labute approximate surface area is 116 Å². The topological polar surface area (TPSA) is 17.1 Å². The number of benzene rings is 2. The minimum absolute atomic E-state index is 0.0550. The van der Waals surface area contributed by atoms with Crippen molar-refractivity contribution < 1.29 is 18.0 Å². The summed E-state index contributed by atoms with van der Waals surface area (Å²) in [6.07, 6.45) is -3.84. The van der Waals surface area contributed by atoms with E-state index in [0.717, 1.165) is 6.07 Å². The molecule has 0 atom stereocenters. The van der Waals surface area contributed by atoms with Crippen molar-refractivity contribution in [1.82, 2.24) is 0 Å². The van der Waals surface area contributed by atoms with Crippen LogP contribution in [0.25, 0.3) is 11.1 Å². The molecule has 0 heterocycles. The van der Waals surface area contributed by atoms with Gasteiger partial charge in [-0.15, -0.1) is 0 Å². The lowest BCUT2D eigenvalue weighted by atomic mass is 9.98. The SMILES string of the molecule is O=Cc1cccc(-c2ccc(Br)cc2C(F)(F)F)c1. The molecule has 0 spiro atoms. The summed E-state index contributed by atoms with van der Waals surface area (Å²) < 4.78 is 39.4. The summed E-state index contributed by atoms with van der Waals surface area (Å²) >= 11 is 3.03. The van der Waals surface area contributed by atoms with Gasteiger partial charge in [0, 0.05) is 10.0 Å². The minimum Gasteiger partial charge on any atom is -0.298 e. The van der Waals surface area contributed by atoms with Gasteiger partial charge >= 0.3 is 6.18 Å². The van der Waals surface area contributed by atoms with Crippen LogP contribution in [0.2, 0.25) is 0 Å². The first-order valence-electron chi connectivity index (χ1n) is 5.34. The highest BCUT2D eigenvalue weighted by Crippen LogP contribution is 2.38. The van der Waals surface area contributed by atoms with Crippen molar-refractivity contribution in [3.05, 3.63) is 58.1 Å². The van der Waals surface area contributed by atoms with Crippen molar-refractivity contribution >= 4 is 22.2 Å². The molecule has 1 nitrogen and oxygen atoms in total. The fourth-order valence-corrected chi connectivity index (χ4v) is 2.14. The molecule has 0 aliphatic rings. The summed E-state index contributed by atoms with van der Waals surface area (Å²) in [7, 11) is 0. The van der Waals surface area contributed by atoms with Crippen LogP contribution >= 0.6 is 15.9 Å². The van der Waals surface area contributed by atoms with Gasteiger partial charge in [0.1, 0.15) is 6.29 Å². The first-order chi connectivity index (χ1) is 8.91. The summed E-state index contributed by atoms with van der Waals surface area (Å²) in [5.41, 5.74) is 0.0299.